The minimum atomic E-state index is -3.65. The van der Waals surface area contributed by atoms with Crippen molar-refractivity contribution in [2.75, 3.05) is 23.9 Å². The Labute approximate surface area is 224 Å². The molecule has 0 bridgehead atoms. The fraction of sp³-hybridized carbons (Fsp3) is 0.385. The largest absolute Gasteiger partial charge is 0.352 e. The summed E-state index contributed by atoms with van der Waals surface area (Å²) in [5, 5.41) is 6.65. The van der Waals surface area contributed by atoms with E-state index in [1.165, 1.54) is 11.3 Å². The van der Waals surface area contributed by atoms with Gasteiger partial charge in [0.2, 0.25) is 5.91 Å². The van der Waals surface area contributed by atoms with Crippen LogP contribution in [0.15, 0.2) is 52.2 Å². The van der Waals surface area contributed by atoms with Crippen LogP contribution in [0.4, 0.5) is 5.69 Å². The second-order valence-corrected chi connectivity index (χ2v) is 14.0. The molecule has 2 aliphatic rings. The Balaban J connectivity index is 1.27. The smallest absolute Gasteiger partial charge is 0.273 e. The van der Waals surface area contributed by atoms with Crippen molar-refractivity contribution in [1.29, 1.82) is 0 Å². The number of fused-ring (bicyclic) bond motifs is 1. The van der Waals surface area contributed by atoms with E-state index in [-0.39, 0.29) is 11.9 Å². The van der Waals surface area contributed by atoms with E-state index in [9.17, 15) is 13.2 Å². The van der Waals surface area contributed by atoms with Crippen molar-refractivity contribution in [3.05, 3.63) is 52.9 Å². The van der Waals surface area contributed by atoms with Crippen molar-refractivity contribution in [3.63, 3.8) is 0 Å². The van der Waals surface area contributed by atoms with Gasteiger partial charge in [-0.1, -0.05) is 18.2 Å². The Hall–Kier alpha value is -2.73. The third-order valence-electron chi connectivity index (χ3n) is 6.91. The van der Waals surface area contributed by atoms with Gasteiger partial charge in [-0.2, -0.15) is 0 Å². The lowest BCUT2D eigenvalue weighted by Crippen LogP contribution is -2.35. The number of hydrogen-bond donors (Lipinski definition) is 2. The normalized spacial score (nSPS) is 18.5. The molecule has 1 aliphatic carbocycles. The molecule has 2 N–H and O–H groups in total. The summed E-state index contributed by atoms with van der Waals surface area (Å²) in [6.45, 7) is 4.64. The van der Waals surface area contributed by atoms with Gasteiger partial charge in [-0.25, -0.2) is 13.4 Å². The van der Waals surface area contributed by atoms with Gasteiger partial charge in [0.1, 0.15) is 9.22 Å². The summed E-state index contributed by atoms with van der Waals surface area (Å²) in [6.07, 6.45) is 5.00. The lowest BCUT2D eigenvalue weighted by atomic mass is 10.2. The highest BCUT2D eigenvalue weighted by Gasteiger charge is 2.34. The molecule has 4 heterocycles. The first kappa shape index (κ1) is 24.6. The summed E-state index contributed by atoms with van der Waals surface area (Å²) in [4.78, 5) is 23.0. The van der Waals surface area contributed by atoms with E-state index in [0.29, 0.717) is 22.4 Å². The number of anilines is 1. The van der Waals surface area contributed by atoms with Crippen LogP contribution < -0.4 is 9.62 Å². The molecule has 0 radical (unpaired) electrons. The van der Waals surface area contributed by atoms with E-state index in [0.717, 1.165) is 65.4 Å². The van der Waals surface area contributed by atoms with E-state index in [1.54, 1.807) is 40.1 Å². The van der Waals surface area contributed by atoms with E-state index in [1.807, 2.05) is 24.4 Å². The summed E-state index contributed by atoms with van der Waals surface area (Å²) < 4.78 is 29.2. The molecule has 1 saturated carbocycles. The lowest BCUT2D eigenvalue weighted by molar-refractivity contribution is -0.119. The van der Waals surface area contributed by atoms with Gasteiger partial charge >= 0.3 is 0 Å². The Morgan fingerprint density at radius 1 is 1.24 bits per heavy atom. The number of hydrogen-bond acceptors (Lipinski definition) is 7. The van der Waals surface area contributed by atoms with Crippen LogP contribution in [0.5, 0.6) is 0 Å². The van der Waals surface area contributed by atoms with Crippen LogP contribution >= 0.6 is 22.7 Å². The number of carbonyl (C=O) groups excluding carboxylic acids is 1. The fourth-order valence-corrected chi connectivity index (χ4v) is 8.53. The molecule has 6 rings (SSSR count). The fourth-order valence-electron chi connectivity index (χ4n) is 4.95. The number of H-pyrrole nitrogens is 1. The molecular formula is C26H29N5O3S3. The van der Waals surface area contributed by atoms with Crippen molar-refractivity contribution >= 4 is 55.2 Å². The monoisotopic (exact) mass is 555 g/mol. The highest BCUT2D eigenvalue weighted by atomic mass is 32.2. The van der Waals surface area contributed by atoms with Crippen LogP contribution in [0, 0.1) is 5.92 Å². The predicted octanol–water partition coefficient (Wildman–Crippen LogP) is 4.67. The minimum absolute atomic E-state index is 0.0176. The molecule has 0 spiro atoms. The van der Waals surface area contributed by atoms with Crippen LogP contribution in [0.2, 0.25) is 0 Å². The van der Waals surface area contributed by atoms with Crippen molar-refractivity contribution in [3.8, 4) is 10.7 Å². The zero-order chi connectivity index (χ0) is 25.6. The molecule has 1 atom stereocenters. The first-order valence-electron chi connectivity index (χ1n) is 12.5. The SMILES string of the molecule is CC(=O)NC1CCN(Cc2cnc(-c3cc4cccc(N(CC5CC5)S(=O)(=O)c5cccs5)c4[nH]3)s2)C1. The maximum atomic E-state index is 13.6. The average Bonchev–Trinajstić information content (AvgIpc) is 3.35. The second-order valence-electron chi connectivity index (χ2n) is 9.89. The number of benzene rings is 1. The molecular weight excluding hydrogens is 527 g/mol. The van der Waals surface area contributed by atoms with Crippen LogP contribution in [0.25, 0.3) is 21.6 Å². The van der Waals surface area contributed by atoms with E-state index >= 15 is 0 Å². The number of rotatable bonds is 9. The van der Waals surface area contributed by atoms with Gasteiger partial charge < -0.3 is 10.3 Å². The quantitative estimate of drug-likeness (QED) is 0.313. The zero-order valence-electron chi connectivity index (χ0n) is 20.5. The Morgan fingerprint density at radius 3 is 2.86 bits per heavy atom. The number of likely N-dealkylation sites (tertiary alicyclic amines) is 1. The van der Waals surface area contributed by atoms with Crippen molar-refractivity contribution in [1.82, 2.24) is 20.2 Å². The molecule has 1 unspecified atom stereocenters. The molecule has 1 aromatic carbocycles. The molecule has 11 heteroatoms. The molecule has 37 heavy (non-hydrogen) atoms. The average molecular weight is 556 g/mol. The number of thiophene rings is 1. The zero-order valence-corrected chi connectivity index (χ0v) is 23.0. The molecule has 1 aliphatic heterocycles. The first-order chi connectivity index (χ1) is 17.9. The van der Waals surface area contributed by atoms with E-state index in [4.69, 9.17) is 0 Å². The Morgan fingerprint density at radius 2 is 2.11 bits per heavy atom. The third kappa shape index (κ3) is 5.18. The third-order valence-corrected chi connectivity index (χ3v) is 11.1. The maximum Gasteiger partial charge on any atom is 0.273 e. The predicted molar refractivity (Wildman–Crippen MR) is 148 cm³/mol. The highest BCUT2D eigenvalue weighted by Crippen LogP contribution is 2.39. The molecule has 194 valence electrons. The van der Waals surface area contributed by atoms with Crippen molar-refractivity contribution in [2.45, 2.75) is 43.0 Å². The molecule has 4 aromatic rings. The number of amides is 1. The summed E-state index contributed by atoms with van der Waals surface area (Å²) in [7, 11) is -3.65. The Bertz CT molecular complexity index is 1520. The van der Waals surface area contributed by atoms with Crippen molar-refractivity contribution in [2.24, 2.45) is 5.92 Å². The highest BCUT2D eigenvalue weighted by molar-refractivity contribution is 7.94. The van der Waals surface area contributed by atoms with Gasteiger partial charge in [-0.15, -0.1) is 22.7 Å². The van der Waals surface area contributed by atoms with E-state index in [2.05, 4.69) is 26.3 Å². The number of aromatic amines is 1. The van der Waals surface area contributed by atoms with Gasteiger partial charge in [-0.05, 0) is 48.8 Å². The molecule has 1 amide bonds. The lowest BCUT2D eigenvalue weighted by Gasteiger charge is -2.24. The summed E-state index contributed by atoms with van der Waals surface area (Å²) >= 11 is 2.89. The molecule has 1 saturated heterocycles. The van der Waals surface area contributed by atoms with Gasteiger partial charge in [0.05, 0.1) is 16.9 Å². The number of aromatic nitrogens is 2. The molecule has 8 nitrogen and oxygen atoms in total. The summed E-state index contributed by atoms with van der Waals surface area (Å²) in [5.41, 5.74) is 2.38. The van der Waals surface area contributed by atoms with E-state index < -0.39 is 10.0 Å². The maximum absolute atomic E-state index is 13.6. The number of carbonyl (C=O) groups is 1. The topological polar surface area (TPSA) is 98.4 Å². The number of nitrogens with zero attached hydrogens (tertiary/aromatic N) is 3. The molecule has 2 fully saturated rings. The first-order valence-corrected chi connectivity index (χ1v) is 15.6. The van der Waals surface area contributed by atoms with Gasteiger partial charge in [-0.3, -0.25) is 14.0 Å². The Kier molecular flexibility index (Phi) is 6.56. The van der Waals surface area contributed by atoms with Crippen LogP contribution in [0.1, 0.15) is 31.1 Å². The summed E-state index contributed by atoms with van der Waals surface area (Å²) in [6, 6.07) is 11.5. The van der Waals surface area contributed by atoms with Crippen LogP contribution in [-0.2, 0) is 21.4 Å². The minimum Gasteiger partial charge on any atom is -0.352 e. The van der Waals surface area contributed by atoms with Gasteiger partial charge in [0.15, 0.2) is 0 Å². The molecule has 3 aromatic heterocycles. The van der Waals surface area contributed by atoms with Crippen LogP contribution in [0.3, 0.4) is 0 Å². The second kappa shape index (κ2) is 9.86. The van der Waals surface area contributed by atoms with Gasteiger partial charge in [0, 0.05) is 55.6 Å². The number of nitrogens with one attached hydrogen (secondary N) is 2. The number of thiazole rings is 1. The van der Waals surface area contributed by atoms with Crippen molar-refractivity contribution < 1.29 is 13.2 Å². The number of para-hydroxylation sites is 1. The van der Waals surface area contributed by atoms with Gasteiger partial charge in [0.25, 0.3) is 10.0 Å². The summed E-state index contributed by atoms with van der Waals surface area (Å²) in [5.74, 6) is 0.417. The standard InChI is InChI=1S/C26H29N5O3S3/c1-17(32)28-20-9-10-30(15-20)16-21-13-27-26(36-21)22-12-19-4-2-5-23(25(19)29-22)31(14-18-7-8-18)37(33,34)24-6-3-11-35-24/h2-6,11-13,18,20,29H,7-10,14-16H2,1H3,(H,28,32). The number of sulfonamides is 1. The van der Waals surface area contributed by atoms with Crippen LogP contribution in [-0.4, -0.2) is 54.9 Å².